The van der Waals surface area contributed by atoms with Gasteiger partial charge in [0.05, 0.1) is 5.60 Å². The lowest BCUT2D eigenvalue weighted by Gasteiger charge is -2.56. The lowest BCUT2D eigenvalue weighted by molar-refractivity contribution is -0.171. The fourth-order valence-electron chi connectivity index (χ4n) is 7.76. The number of ketones is 2. The molecule has 1 aromatic carbocycles. The molecule has 0 amide bonds. The van der Waals surface area contributed by atoms with Gasteiger partial charge < -0.3 is 19.7 Å². The van der Waals surface area contributed by atoms with Crippen LogP contribution in [0.15, 0.2) is 58.2 Å². The van der Waals surface area contributed by atoms with E-state index in [0.717, 1.165) is 29.6 Å². The Morgan fingerprint density at radius 3 is 2.16 bits per heavy atom. The lowest BCUT2D eigenvalue weighted by atomic mass is 9.51. The highest BCUT2D eigenvalue weighted by molar-refractivity contribution is 6.18. The van der Waals surface area contributed by atoms with Crippen molar-refractivity contribution in [2.45, 2.75) is 118 Å². The maximum atomic E-state index is 14.7. The Morgan fingerprint density at radius 2 is 1.52 bits per heavy atom. The quantitative estimate of drug-likeness (QED) is 0.278. The van der Waals surface area contributed by atoms with Crippen LogP contribution in [0, 0.1) is 11.8 Å². The number of aromatic hydroxyl groups is 2. The second kappa shape index (κ2) is 11.2. The van der Waals surface area contributed by atoms with Crippen LogP contribution in [0.1, 0.15) is 109 Å². The molecule has 4 bridgehead atoms. The molecular weight excluding hydrogens is 552 g/mol. The molecule has 1 saturated heterocycles. The van der Waals surface area contributed by atoms with Gasteiger partial charge in [0.15, 0.2) is 22.8 Å². The molecule has 1 aromatic rings. The van der Waals surface area contributed by atoms with E-state index in [2.05, 4.69) is 19.9 Å². The van der Waals surface area contributed by atoms with Crippen molar-refractivity contribution in [2.24, 2.45) is 11.8 Å². The van der Waals surface area contributed by atoms with Crippen molar-refractivity contribution in [2.75, 3.05) is 0 Å². The first-order valence-corrected chi connectivity index (χ1v) is 15.9. The van der Waals surface area contributed by atoms with E-state index in [4.69, 9.17) is 9.47 Å². The summed E-state index contributed by atoms with van der Waals surface area (Å²) in [6.07, 6.45) is 13.1. The standard InChI is InChI=1S/C38H48O6/c1-21(2)11-10-12-24(7)14-16-26-31(39)27(15-13-22(3)4)34-30(32(26)40)33(41)28-19-25-20-29-36(8,9)44-37(35(25)42,18-17-23(5)6)38(28,29)43-34/h11,13-14,17,19,25,29,39-40H,10,12,15-16,18,20H2,1-9H3/b24-14+/t25-,29?,37?,38-/m1/s1. The number of benzene rings is 1. The molecule has 2 heterocycles. The van der Waals surface area contributed by atoms with E-state index in [0.29, 0.717) is 29.5 Å². The Hall–Kier alpha value is -3.38. The highest BCUT2D eigenvalue weighted by atomic mass is 16.6. The zero-order valence-electron chi connectivity index (χ0n) is 27.8. The van der Waals surface area contributed by atoms with Gasteiger partial charge in [-0.15, -0.1) is 0 Å². The molecule has 2 N–H and O–H groups in total. The molecule has 236 valence electrons. The fraction of sp³-hybridized carbons (Fsp3) is 0.526. The molecule has 5 aliphatic rings. The molecule has 1 saturated carbocycles. The summed E-state index contributed by atoms with van der Waals surface area (Å²) in [5, 5.41) is 23.5. The van der Waals surface area contributed by atoms with Crippen molar-refractivity contribution in [3.8, 4) is 17.2 Å². The summed E-state index contributed by atoms with van der Waals surface area (Å²) in [6, 6.07) is 0. The number of ether oxygens (including phenoxy) is 2. The first-order valence-electron chi connectivity index (χ1n) is 15.9. The molecule has 0 aromatic heterocycles. The van der Waals surface area contributed by atoms with Crippen molar-refractivity contribution in [3.63, 3.8) is 0 Å². The van der Waals surface area contributed by atoms with Gasteiger partial charge in [-0.2, -0.15) is 0 Å². The molecule has 2 fully saturated rings. The van der Waals surface area contributed by atoms with Crippen LogP contribution in [0.2, 0.25) is 0 Å². The zero-order chi connectivity index (χ0) is 32.4. The SMILES string of the molecule is CC(C)=CCC/C(C)=C/Cc1c(O)c(CC=C(C)C)c2c(c1O)C(=O)C1=C[C@@H]3CC4C(C)(C)OC(CC=C(C)C)(C3=O)[C@@]14O2. The maximum absolute atomic E-state index is 14.7. The first kappa shape index (κ1) is 32.0. The van der Waals surface area contributed by atoms with Crippen LogP contribution in [-0.2, 0) is 22.4 Å². The highest BCUT2D eigenvalue weighted by Gasteiger charge is 2.81. The number of allylic oxidation sites excluding steroid dienone is 8. The molecule has 2 unspecified atom stereocenters. The Bertz CT molecular complexity index is 1570. The van der Waals surface area contributed by atoms with Crippen LogP contribution in [0.5, 0.6) is 17.2 Å². The van der Waals surface area contributed by atoms with E-state index in [9.17, 15) is 19.8 Å². The molecule has 6 heteroatoms. The minimum atomic E-state index is -1.39. The number of hydrogen-bond acceptors (Lipinski definition) is 6. The summed E-state index contributed by atoms with van der Waals surface area (Å²) < 4.78 is 13.8. The zero-order valence-corrected chi connectivity index (χ0v) is 27.8. The molecule has 6 nitrogen and oxygen atoms in total. The predicted octanol–water partition coefficient (Wildman–Crippen LogP) is 8.20. The fourth-order valence-corrected chi connectivity index (χ4v) is 7.76. The molecule has 6 rings (SSSR count). The van der Waals surface area contributed by atoms with Gasteiger partial charge >= 0.3 is 0 Å². The third-order valence-electron chi connectivity index (χ3n) is 9.95. The Labute approximate surface area is 262 Å². The molecule has 4 atom stereocenters. The third-order valence-corrected chi connectivity index (χ3v) is 9.95. The van der Waals surface area contributed by atoms with E-state index in [1.54, 1.807) is 6.08 Å². The summed E-state index contributed by atoms with van der Waals surface area (Å²) in [5.74, 6) is -1.33. The van der Waals surface area contributed by atoms with Gasteiger partial charge in [-0.1, -0.05) is 52.7 Å². The van der Waals surface area contributed by atoms with Gasteiger partial charge in [-0.25, -0.2) is 0 Å². The molecule has 2 aliphatic heterocycles. The number of fused-ring (bicyclic) bond motifs is 1. The summed E-state index contributed by atoms with van der Waals surface area (Å²) in [6.45, 7) is 18.0. The van der Waals surface area contributed by atoms with Gasteiger partial charge in [0, 0.05) is 35.0 Å². The van der Waals surface area contributed by atoms with Crippen molar-refractivity contribution in [1.29, 1.82) is 0 Å². The molecule has 1 spiro atoms. The van der Waals surface area contributed by atoms with Crippen molar-refractivity contribution in [3.05, 3.63) is 74.9 Å². The van der Waals surface area contributed by atoms with E-state index in [1.165, 1.54) is 5.57 Å². The van der Waals surface area contributed by atoms with E-state index < -0.39 is 22.7 Å². The third kappa shape index (κ3) is 4.81. The number of carbonyl (C=O) groups is 2. The van der Waals surface area contributed by atoms with Crippen molar-refractivity contribution < 1.29 is 29.3 Å². The number of phenolic OH excluding ortho intramolecular Hbond substituents is 2. The lowest BCUT2D eigenvalue weighted by Crippen LogP contribution is -2.72. The van der Waals surface area contributed by atoms with Gasteiger partial charge in [0.1, 0.15) is 22.8 Å². The monoisotopic (exact) mass is 600 g/mol. The predicted molar refractivity (Wildman–Crippen MR) is 173 cm³/mol. The Kier molecular flexibility index (Phi) is 8.16. The Balaban J connectivity index is 1.71. The average molecular weight is 601 g/mol. The summed E-state index contributed by atoms with van der Waals surface area (Å²) in [7, 11) is 0. The van der Waals surface area contributed by atoms with E-state index >= 15 is 0 Å². The summed E-state index contributed by atoms with van der Waals surface area (Å²) in [4.78, 5) is 28.8. The summed E-state index contributed by atoms with van der Waals surface area (Å²) in [5.41, 5.74) is 2.21. The van der Waals surface area contributed by atoms with Crippen LogP contribution in [0.3, 0.4) is 0 Å². The number of hydrogen-bond donors (Lipinski definition) is 2. The van der Waals surface area contributed by atoms with Gasteiger partial charge in [-0.3, -0.25) is 9.59 Å². The number of phenols is 2. The minimum Gasteiger partial charge on any atom is -0.507 e. The van der Waals surface area contributed by atoms with Crippen LogP contribution >= 0.6 is 0 Å². The average Bonchev–Trinajstić information content (AvgIpc) is 3.08. The van der Waals surface area contributed by atoms with Gasteiger partial charge in [0.2, 0.25) is 0 Å². The van der Waals surface area contributed by atoms with Crippen LogP contribution < -0.4 is 4.74 Å². The van der Waals surface area contributed by atoms with E-state index in [-0.39, 0.29) is 53.1 Å². The largest absolute Gasteiger partial charge is 0.507 e. The molecular formula is C38H48O6. The van der Waals surface area contributed by atoms with Crippen molar-refractivity contribution in [1.82, 2.24) is 0 Å². The van der Waals surface area contributed by atoms with Crippen LogP contribution in [0.4, 0.5) is 0 Å². The smallest absolute Gasteiger partial charge is 0.200 e. The van der Waals surface area contributed by atoms with Crippen LogP contribution in [0.25, 0.3) is 0 Å². The van der Waals surface area contributed by atoms with Crippen molar-refractivity contribution >= 4 is 11.6 Å². The van der Waals surface area contributed by atoms with Gasteiger partial charge in [-0.05, 0) is 94.4 Å². The highest BCUT2D eigenvalue weighted by Crippen LogP contribution is 2.68. The second-order valence-electron chi connectivity index (χ2n) is 14.4. The summed E-state index contributed by atoms with van der Waals surface area (Å²) >= 11 is 0. The Morgan fingerprint density at radius 1 is 0.886 bits per heavy atom. The molecule has 3 aliphatic carbocycles. The normalized spacial score (nSPS) is 27.7. The van der Waals surface area contributed by atoms with Gasteiger partial charge in [0.25, 0.3) is 0 Å². The minimum absolute atomic E-state index is 0.0667. The molecule has 44 heavy (non-hydrogen) atoms. The molecule has 0 radical (unpaired) electrons. The number of rotatable bonds is 9. The number of Topliss-reactive ketones (excluding diaryl/α,β-unsaturated/α-hetero) is 2. The second-order valence-corrected chi connectivity index (χ2v) is 14.4. The van der Waals surface area contributed by atoms with Crippen LogP contribution in [-0.4, -0.2) is 38.6 Å². The topological polar surface area (TPSA) is 93.1 Å². The van der Waals surface area contributed by atoms with E-state index in [1.807, 2.05) is 66.7 Å². The number of carbonyl (C=O) groups excluding carboxylic acids is 2. The maximum Gasteiger partial charge on any atom is 0.200 e. The first-order chi connectivity index (χ1) is 20.6.